The van der Waals surface area contributed by atoms with E-state index in [2.05, 4.69) is 26.8 Å². The molecule has 0 N–H and O–H groups in total. The van der Waals surface area contributed by atoms with Crippen molar-refractivity contribution in [3.05, 3.63) is 34.4 Å². The first-order chi connectivity index (χ1) is 14.5. The Kier molecular flexibility index (Phi) is 4.97. The van der Waals surface area contributed by atoms with E-state index in [1.165, 1.54) is 5.56 Å². The van der Waals surface area contributed by atoms with E-state index in [9.17, 15) is 4.79 Å². The average molecular weight is 411 g/mol. The number of aromatic nitrogens is 4. The highest BCUT2D eigenvalue weighted by molar-refractivity contribution is 5.78. The maximum atomic E-state index is 13.2. The number of nitrogens with zero attached hydrogens (tertiary/aromatic N) is 6. The van der Waals surface area contributed by atoms with E-state index in [0.717, 1.165) is 80.6 Å². The average Bonchev–Trinajstić information content (AvgIpc) is 3.20. The third-order valence-corrected chi connectivity index (χ3v) is 7.01. The maximum Gasteiger partial charge on any atom is 0.225 e. The smallest absolute Gasteiger partial charge is 0.225 e. The normalized spacial score (nSPS) is 23.0. The summed E-state index contributed by atoms with van der Waals surface area (Å²) in [4.78, 5) is 27.1. The van der Waals surface area contributed by atoms with Crippen LogP contribution in [-0.4, -0.2) is 62.9 Å². The number of carbonyl (C=O) groups is 1. The van der Waals surface area contributed by atoms with E-state index >= 15 is 0 Å². The highest BCUT2D eigenvalue weighted by Gasteiger charge is 2.43. The summed E-state index contributed by atoms with van der Waals surface area (Å²) in [6.07, 6.45) is 6.14. The lowest BCUT2D eigenvalue weighted by Crippen LogP contribution is -2.43. The van der Waals surface area contributed by atoms with Gasteiger partial charge in [-0.05, 0) is 38.7 Å². The van der Waals surface area contributed by atoms with Crippen LogP contribution in [0.2, 0.25) is 0 Å². The lowest BCUT2D eigenvalue weighted by molar-refractivity contribution is -0.134. The number of ether oxygens (including phenoxy) is 1. The van der Waals surface area contributed by atoms with Gasteiger partial charge in [-0.3, -0.25) is 9.48 Å². The van der Waals surface area contributed by atoms with Crippen molar-refractivity contribution in [2.24, 2.45) is 7.05 Å². The first-order valence-electron chi connectivity index (χ1n) is 11.0. The molecule has 0 spiro atoms. The van der Waals surface area contributed by atoms with Crippen LogP contribution in [0.15, 0.2) is 6.20 Å². The number of anilines is 1. The Morgan fingerprint density at radius 3 is 2.77 bits per heavy atom. The van der Waals surface area contributed by atoms with Gasteiger partial charge in [0.1, 0.15) is 0 Å². The fourth-order valence-corrected chi connectivity index (χ4v) is 5.30. The molecule has 2 bridgehead atoms. The van der Waals surface area contributed by atoms with Gasteiger partial charge in [0.15, 0.2) is 0 Å². The summed E-state index contributed by atoms with van der Waals surface area (Å²) in [7, 11) is 1.96. The van der Waals surface area contributed by atoms with Crippen molar-refractivity contribution in [1.82, 2.24) is 24.6 Å². The van der Waals surface area contributed by atoms with Crippen molar-refractivity contribution in [1.29, 1.82) is 0 Å². The molecular formula is C22H30N6O2. The van der Waals surface area contributed by atoms with Crippen molar-refractivity contribution >= 4 is 11.9 Å². The quantitative estimate of drug-likeness (QED) is 0.766. The Labute approximate surface area is 177 Å². The zero-order chi connectivity index (χ0) is 20.8. The molecule has 0 aliphatic carbocycles. The second-order valence-electron chi connectivity index (χ2n) is 8.70. The second kappa shape index (κ2) is 7.65. The molecule has 5 heterocycles. The number of carbonyl (C=O) groups excluding carboxylic acids is 1. The SMILES string of the molecule is Cc1nn(C)c(C)c1CCC(=O)N1[C@@H]2CC[C@@H]1c1cnc(N3CCOCC3)nc1C2. The third-order valence-electron chi connectivity index (χ3n) is 7.01. The van der Waals surface area contributed by atoms with Crippen molar-refractivity contribution < 1.29 is 9.53 Å². The number of hydrogen-bond donors (Lipinski definition) is 0. The van der Waals surface area contributed by atoms with E-state index in [4.69, 9.17) is 9.72 Å². The number of fused-ring (bicyclic) bond motifs is 4. The number of morpholine rings is 1. The minimum atomic E-state index is 0.126. The largest absolute Gasteiger partial charge is 0.378 e. The lowest BCUT2D eigenvalue weighted by Gasteiger charge is -2.36. The van der Waals surface area contributed by atoms with Gasteiger partial charge in [0.05, 0.1) is 30.6 Å². The molecule has 2 atom stereocenters. The van der Waals surface area contributed by atoms with E-state index in [1.807, 2.05) is 24.9 Å². The molecule has 2 saturated heterocycles. The summed E-state index contributed by atoms with van der Waals surface area (Å²) in [5.74, 6) is 1.05. The molecule has 8 nitrogen and oxygen atoms in total. The first-order valence-corrected chi connectivity index (χ1v) is 11.0. The molecule has 0 saturated carbocycles. The molecule has 3 aliphatic rings. The summed E-state index contributed by atoms with van der Waals surface area (Å²) in [5, 5.41) is 4.48. The fraction of sp³-hybridized carbons (Fsp3) is 0.636. The van der Waals surface area contributed by atoms with E-state index in [0.29, 0.717) is 6.42 Å². The molecule has 0 unspecified atom stereocenters. The van der Waals surface area contributed by atoms with Gasteiger partial charge in [-0.15, -0.1) is 0 Å². The Balaban J connectivity index is 1.32. The molecule has 8 heteroatoms. The summed E-state index contributed by atoms with van der Waals surface area (Å²) in [6, 6.07) is 0.389. The number of aryl methyl sites for hydroxylation is 2. The summed E-state index contributed by atoms with van der Waals surface area (Å²) < 4.78 is 7.34. The molecule has 30 heavy (non-hydrogen) atoms. The van der Waals surface area contributed by atoms with Gasteiger partial charge in [0, 0.05) is 56.5 Å². The van der Waals surface area contributed by atoms with Gasteiger partial charge in [-0.1, -0.05) is 0 Å². The van der Waals surface area contributed by atoms with Crippen LogP contribution < -0.4 is 4.90 Å². The van der Waals surface area contributed by atoms with Gasteiger partial charge < -0.3 is 14.5 Å². The van der Waals surface area contributed by atoms with Crippen LogP contribution in [0.5, 0.6) is 0 Å². The highest BCUT2D eigenvalue weighted by Crippen LogP contribution is 2.43. The predicted octanol–water partition coefficient (Wildman–Crippen LogP) is 1.88. The lowest BCUT2D eigenvalue weighted by atomic mass is 9.98. The van der Waals surface area contributed by atoms with Crippen LogP contribution in [0.4, 0.5) is 5.95 Å². The molecular weight excluding hydrogens is 380 g/mol. The number of hydrogen-bond acceptors (Lipinski definition) is 6. The summed E-state index contributed by atoms with van der Waals surface area (Å²) in [6.45, 7) is 7.22. The topological polar surface area (TPSA) is 76.4 Å². The minimum Gasteiger partial charge on any atom is -0.378 e. The van der Waals surface area contributed by atoms with Crippen LogP contribution in [0.3, 0.4) is 0 Å². The Bertz CT molecular complexity index is 965. The van der Waals surface area contributed by atoms with Crippen molar-refractivity contribution in [3.8, 4) is 0 Å². The molecule has 1 amide bonds. The Morgan fingerprint density at radius 1 is 1.23 bits per heavy atom. The Hall–Kier alpha value is -2.48. The zero-order valence-electron chi connectivity index (χ0n) is 18.1. The molecule has 3 aliphatic heterocycles. The number of rotatable bonds is 4. The Morgan fingerprint density at radius 2 is 2.03 bits per heavy atom. The molecule has 5 rings (SSSR count). The van der Waals surface area contributed by atoms with Crippen molar-refractivity contribution in [3.63, 3.8) is 0 Å². The van der Waals surface area contributed by atoms with Crippen LogP contribution in [0.25, 0.3) is 0 Å². The molecule has 0 radical (unpaired) electrons. The van der Waals surface area contributed by atoms with Crippen molar-refractivity contribution in [2.45, 2.75) is 58.0 Å². The van der Waals surface area contributed by atoms with Gasteiger partial charge in [0.25, 0.3) is 0 Å². The third kappa shape index (κ3) is 3.27. The van der Waals surface area contributed by atoms with Crippen LogP contribution in [0.1, 0.15) is 53.5 Å². The monoisotopic (exact) mass is 410 g/mol. The van der Waals surface area contributed by atoms with Crippen LogP contribution in [0, 0.1) is 13.8 Å². The standard InChI is InChI=1S/C22H30N6O2/c1-14-17(15(2)26(3)25-14)5-7-21(29)28-16-4-6-20(28)18-13-23-22(24-19(18)12-16)27-8-10-30-11-9-27/h13,16,20H,4-12H2,1-3H3/t16-,20-/m1/s1. The summed E-state index contributed by atoms with van der Waals surface area (Å²) in [5.41, 5.74) is 5.65. The molecule has 0 aromatic carbocycles. The number of amides is 1. The van der Waals surface area contributed by atoms with E-state index in [1.54, 1.807) is 0 Å². The summed E-state index contributed by atoms with van der Waals surface area (Å²) >= 11 is 0. The second-order valence-corrected chi connectivity index (χ2v) is 8.70. The van der Waals surface area contributed by atoms with Gasteiger partial charge >= 0.3 is 0 Å². The predicted molar refractivity (Wildman–Crippen MR) is 112 cm³/mol. The molecule has 2 aromatic heterocycles. The molecule has 160 valence electrons. The zero-order valence-corrected chi connectivity index (χ0v) is 18.1. The van der Waals surface area contributed by atoms with Crippen molar-refractivity contribution in [2.75, 3.05) is 31.2 Å². The van der Waals surface area contributed by atoms with E-state index < -0.39 is 0 Å². The van der Waals surface area contributed by atoms with Crippen LogP contribution >= 0.6 is 0 Å². The van der Waals surface area contributed by atoms with Gasteiger partial charge in [-0.25, -0.2) is 9.97 Å². The van der Waals surface area contributed by atoms with Gasteiger partial charge in [0.2, 0.25) is 11.9 Å². The van der Waals surface area contributed by atoms with E-state index in [-0.39, 0.29) is 18.0 Å². The maximum absolute atomic E-state index is 13.2. The van der Waals surface area contributed by atoms with Crippen LogP contribution in [-0.2, 0) is 29.4 Å². The molecule has 2 fully saturated rings. The van der Waals surface area contributed by atoms with Gasteiger partial charge in [-0.2, -0.15) is 5.10 Å². The fourth-order valence-electron chi connectivity index (χ4n) is 5.30. The highest BCUT2D eigenvalue weighted by atomic mass is 16.5. The molecule has 2 aromatic rings. The minimum absolute atomic E-state index is 0.126. The first kappa shape index (κ1) is 19.5.